The van der Waals surface area contributed by atoms with E-state index in [1.54, 1.807) is 7.05 Å². The Balaban J connectivity index is 1.98. The summed E-state index contributed by atoms with van der Waals surface area (Å²) in [6.07, 6.45) is 0.389. The SMILES string of the molecule is CN(Cc1ccccc1)C(=O)C(=O)N(C)C1CCS(=O)(=O)C1. The molecule has 0 spiro atoms. The molecule has 1 atom stereocenters. The van der Waals surface area contributed by atoms with E-state index in [4.69, 9.17) is 0 Å². The molecule has 1 aliphatic heterocycles. The zero-order valence-electron chi connectivity index (χ0n) is 12.7. The van der Waals surface area contributed by atoms with Crippen LogP contribution in [0.5, 0.6) is 0 Å². The second kappa shape index (κ2) is 6.48. The molecule has 0 aliphatic carbocycles. The quantitative estimate of drug-likeness (QED) is 0.749. The first-order chi connectivity index (χ1) is 10.3. The molecule has 2 amide bonds. The number of nitrogens with zero attached hydrogens (tertiary/aromatic N) is 2. The third-order valence-corrected chi connectivity index (χ3v) is 5.62. The number of likely N-dealkylation sites (N-methyl/N-ethyl adjacent to an activating group) is 2. The molecule has 6 nitrogen and oxygen atoms in total. The Hall–Kier alpha value is -1.89. The Morgan fingerprint density at radius 3 is 2.32 bits per heavy atom. The van der Waals surface area contributed by atoms with Crippen LogP contribution in [0.15, 0.2) is 30.3 Å². The zero-order valence-corrected chi connectivity index (χ0v) is 13.5. The number of amides is 2. The summed E-state index contributed by atoms with van der Waals surface area (Å²) in [6.45, 7) is 0.336. The van der Waals surface area contributed by atoms with Crippen LogP contribution in [0.4, 0.5) is 0 Å². The predicted octanol–water partition coefficient (Wildman–Crippen LogP) is 0.290. The third kappa shape index (κ3) is 3.85. The minimum atomic E-state index is -3.09. The van der Waals surface area contributed by atoms with E-state index in [0.29, 0.717) is 13.0 Å². The number of sulfone groups is 1. The van der Waals surface area contributed by atoms with E-state index in [2.05, 4.69) is 0 Å². The van der Waals surface area contributed by atoms with E-state index >= 15 is 0 Å². The second-order valence-corrected chi connectivity index (χ2v) is 7.85. The van der Waals surface area contributed by atoms with E-state index < -0.39 is 27.7 Å². The molecule has 1 aromatic carbocycles. The molecule has 2 rings (SSSR count). The second-order valence-electron chi connectivity index (χ2n) is 5.62. The highest BCUT2D eigenvalue weighted by atomic mass is 32.2. The topological polar surface area (TPSA) is 74.8 Å². The van der Waals surface area contributed by atoms with Crippen molar-refractivity contribution >= 4 is 21.7 Å². The molecule has 0 saturated carbocycles. The van der Waals surface area contributed by atoms with Crippen molar-refractivity contribution in [3.8, 4) is 0 Å². The van der Waals surface area contributed by atoms with Crippen molar-refractivity contribution in [1.82, 2.24) is 9.80 Å². The molecule has 1 unspecified atom stereocenters. The number of carbonyl (C=O) groups excluding carboxylic acids is 2. The molecule has 120 valence electrons. The lowest BCUT2D eigenvalue weighted by atomic mass is 10.2. The normalized spacial score (nSPS) is 19.6. The van der Waals surface area contributed by atoms with Crippen LogP contribution >= 0.6 is 0 Å². The van der Waals surface area contributed by atoms with Gasteiger partial charge in [-0.2, -0.15) is 0 Å². The maximum atomic E-state index is 12.2. The van der Waals surface area contributed by atoms with Gasteiger partial charge in [0.05, 0.1) is 11.5 Å². The van der Waals surface area contributed by atoms with Gasteiger partial charge in [0.2, 0.25) is 0 Å². The van der Waals surface area contributed by atoms with Crippen LogP contribution in [-0.2, 0) is 26.0 Å². The zero-order chi connectivity index (χ0) is 16.3. The van der Waals surface area contributed by atoms with Gasteiger partial charge in [0.1, 0.15) is 0 Å². The molecule has 1 saturated heterocycles. The lowest BCUT2D eigenvalue weighted by Gasteiger charge is -2.25. The highest BCUT2D eigenvalue weighted by Gasteiger charge is 2.35. The molecule has 1 fully saturated rings. The Morgan fingerprint density at radius 2 is 1.77 bits per heavy atom. The summed E-state index contributed by atoms with van der Waals surface area (Å²) >= 11 is 0. The van der Waals surface area contributed by atoms with Crippen molar-refractivity contribution in [1.29, 1.82) is 0 Å². The number of hydrogen-bond acceptors (Lipinski definition) is 4. The largest absolute Gasteiger partial charge is 0.333 e. The van der Waals surface area contributed by atoms with E-state index in [-0.39, 0.29) is 11.5 Å². The minimum absolute atomic E-state index is 0.0646. The molecule has 22 heavy (non-hydrogen) atoms. The summed E-state index contributed by atoms with van der Waals surface area (Å²) in [5, 5.41) is 0. The van der Waals surface area contributed by atoms with Gasteiger partial charge in [0.15, 0.2) is 9.84 Å². The van der Waals surface area contributed by atoms with E-state index in [0.717, 1.165) is 5.56 Å². The van der Waals surface area contributed by atoms with Crippen LogP contribution in [0.2, 0.25) is 0 Å². The van der Waals surface area contributed by atoms with Gasteiger partial charge in [-0.3, -0.25) is 9.59 Å². The molecular weight excluding hydrogens is 304 g/mol. The first-order valence-electron chi connectivity index (χ1n) is 7.07. The van der Waals surface area contributed by atoms with Gasteiger partial charge in [0.25, 0.3) is 0 Å². The van der Waals surface area contributed by atoms with Gasteiger partial charge in [0, 0.05) is 26.7 Å². The van der Waals surface area contributed by atoms with Crippen molar-refractivity contribution in [3.63, 3.8) is 0 Å². The molecule has 0 radical (unpaired) electrons. The Bertz CT molecular complexity index is 657. The van der Waals surface area contributed by atoms with Crippen LogP contribution in [0.1, 0.15) is 12.0 Å². The summed E-state index contributed by atoms with van der Waals surface area (Å²) in [4.78, 5) is 27.0. The summed E-state index contributed by atoms with van der Waals surface area (Å²) < 4.78 is 23.0. The van der Waals surface area contributed by atoms with Gasteiger partial charge < -0.3 is 9.80 Å². The molecule has 0 N–H and O–H groups in total. The standard InChI is InChI=1S/C15H20N2O4S/c1-16(10-12-6-4-3-5-7-12)14(18)15(19)17(2)13-8-9-22(20,21)11-13/h3-7,13H,8-11H2,1-2H3. The van der Waals surface area contributed by atoms with Gasteiger partial charge in [-0.1, -0.05) is 30.3 Å². The fourth-order valence-corrected chi connectivity index (χ4v) is 4.26. The summed E-state index contributed by atoms with van der Waals surface area (Å²) in [7, 11) is -0.0371. The average molecular weight is 324 g/mol. The van der Waals surface area contributed by atoms with Crippen LogP contribution in [0.25, 0.3) is 0 Å². The van der Waals surface area contributed by atoms with Crippen LogP contribution in [0.3, 0.4) is 0 Å². The Labute approximate surface area is 130 Å². The first-order valence-corrected chi connectivity index (χ1v) is 8.89. The Morgan fingerprint density at radius 1 is 1.14 bits per heavy atom. The maximum absolute atomic E-state index is 12.2. The number of hydrogen-bond donors (Lipinski definition) is 0. The smallest absolute Gasteiger partial charge is 0.312 e. The molecule has 1 heterocycles. The molecule has 1 aliphatic rings. The molecule has 7 heteroatoms. The van der Waals surface area contributed by atoms with Crippen LogP contribution in [0, 0.1) is 0 Å². The predicted molar refractivity (Wildman–Crippen MR) is 82.7 cm³/mol. The van der Waals surface area contributed by atoms with Crippen molar-refractivity contribution in [2.75, 3.05) is 25.6 Å². The van der Waals surface area contributed by atoms with Crippen LogP contribution in [-0.4, -0.2) is 61.7 Å². The molecular formula is C15H20N2O4S. The monoisotopic (exact) mass is 324 g/mol. The highest BCUT2D eigenvalue weighted by Crippen LogP contribution is 2.17. The molecule has 1 aromatic rings. The fraction of sp³-hybridized carbons (Fsp3) is 0.467. The minimum Gasteiger partial charge on any atom is -0.333 e. The molecule has 0 aromatic heterocycles. The Kier molecular flexibility index (Phi) is 4.85. The average Bonchev–Trinajstić information content (AvgIpc) is 2.86. The van der Waals surface area contributed by atoms with Gasteiger partial charge in [-0.05, 0) is 12.0 Å². The summed E-state index contributed by atoms with van der Waals surface area (Å²) in [5.41, 5.74) is 0.928. The van der Waals surface area contributed by atoms with E-state index in [1.807, 2.05) is 30.3 Å². The van der Waals surface area contributed by atoms with Crippen molar-refractivity contribution in [3.05, 3.63) is 35.9 Å². The fourth-order valence-electron chi connectivity index (χ4n) is 2.49. The van der Waals surface area contributed by atoms with Gasteiger partial charge >= 0.3 is 11.8 Å². The van der Waals surface area contributed by atoms with Crippen molar-refractivity contribution in [2.24, 2.45) is 0 Å². The van der Waals surface area contributed by atoms with Crippen LogP contribution < -0.4 is 0 Å². The number of carbonyl (C=O) groups is 2. The highest BCUT2D eigenvalue weighted by molar-refractivity contribution is 7.91. The first kappa shape index (κ1) is 16.5. The van der Waals surface area contributed by atoms with Crippen molar-refractivity contribution < 1.29 is 18.0 Å². The third-order valence-electron chi connectivity index (χ3n) is 3.87. The van der Waals surface area contributed by atoms with Gasteiger partial charge in [-0.25, -0.2) is 8.42 Å². The van der Waals surface area contributed by atoms with E-state index in [1.165, 1.54) is 16.8 Å². The van der Waals surface area contributed by atoms with E-state index in [9.17, 15) is 18.0 Å². The summed E-state index contributed by atoms with van der Waals surface area (Å²) in [5.74, 6) is -1.29. The molecule has 0 bridgehead atoms. The van der Waals surface area contributed by atoms with Gasteiger partial charge in [-0.15, -0.1) is 0 Å². The maximum Gasteiger partial charge on any atom is 0.312 e. The number of benzene rings is 1. The van der Waals surface area contributed by atoms with Crippen molar-refractivity contribution in [2.45, 2.75) is 19.0 Å². The lowest BCUT2D eigenvalue weighted by Crippen LogP contribution is -2.46. The number of rotatable bonds is 3. The summed E-state index contributed by atoms with van der Waals surface area (Å²) in [6, 6.07) is 8.95. The lowest BCUT2D eigenvalue weighted by molar-refractivity contribution is -0.151.